The Hall–Kier alpha value is -5.05. The van der Waals surface area contributed by atoms with Crippen LogP contribution in [-0.4, -0.2) is 41.8 Å². The van der Waals surface area contributed by atoms with Crippen LogP contribution in [0.4, 0.5) is 5.69 Å². The van der Waals surface area contributed by atoms with Crippen molar-refractivity contribution in [2.24, 2.45) is 5.10 Å². The summed E-state index contributed by atoms with van der Waals surface area (Å²) < 4.78 is 10.2. The van der Waals surface area contributed by atoms with E-state index in [-0.39, 0.29) is 35.2 Å². The SMILES string of the molecule is COc1cc(/C=C/C(=O)CC(/C=C/c2ccc(O)c(OC)c2)=N/NC(=O)c2ccc(N)cc2)ccc1O. The van der Waals surface area contributed by atoms with E-state index < -0.39 is 5.91 Å². The molecule has 0 heterocycles. The van der Waals surface area contributed by atoms with E-state index in [2.05, 4.69) is 10.5 Å². The first kappa shape index (κ1) is 26.6. The molecule has 3 aromatic rings. The number of hydrogen-bond donors (Lipinski definition) is 4. The second-order valence-corrected chi connectivity index (χ2v) is 7.84. The summed E-state index contributed by atoms with van der Waals surface area (Å²) in [6.07, 6.45) is 6.12. The van der Waals surface area contributed by atoms with Gasteiger partial charge in [-0.15, -0.1) is 0 Å². The summed E-state index contributed by atoms with van der Waals surface area (Å²) in [7, 11) is 2.88. The first-order valence-electron chi connectivity index (χ1n) is 11.1. The molecule has 0 aliphatic rings. The fourth-order valence-corrected chi connectivity index (χ4v) is 3.17. The molecule has 0 saturated carbocycles. The predicted molar refractivity (Wildman–Crippen MR) is 143 cm³/mol. The summed E-state index contributed by atoms with van der Waals surface area (Å²) in [4.78, 5) is 25.2. The summed E-state index contributed by atoms with van der Waals surface area (Å²) >= 11 is 0. The van der Waals surface area contributed by atoms with Crippen LogP contribution in [0, 0.1) is 0 Å². The number of rotatable bonds is 10. The van der Waals surface area contributed by atoms with Gasteiger partial charge in [0, 0.05) is 11.3 Å². The fourth-order valence-electron chi connectivity index (χ4n) is 3.17. The van der Waals surface area contributed by atoms with Crippen LogP contribution in [0.5, 0.6) is 23.0 Å². The molecule has 0 spiro atoms. The van der Waals surface area contributed by atoms with E-state index in [9.17, 15) is 19.8 Å². The third-order valence-electron chi connectivity index (χ3n) is 5.17. The van der Waals surface area contributed by atoms with Crippen molar-refractivity contribution < 1.29 is 29.3 Å². The number of methoxy groups -OCH3 is 2. The van der Waals surface area contributed by atoms with Gasteiger partial charge in [-0.05, 0) is 71.8 Å². The number of phenols is 2. The lowest BCUT2D eigenvalue weighted by Gasteiger charge is -2.05. The van der Waals surface area contributed by atoms with Gasteiger partial charge >= 0.3 is 0 Å². The summed E-state index contributed by atoms with van der Waals surface area (Å²) in [6, 6.07) is 15.8. The van der Waals surface area contributed by atoms with Gasteiger partial charge in [0.1, 0.15) is 0 Å². The van der Waals surface area contributed by atoms with Crippen LogP contribution in [0.3, 0.4) is 0 Å². The Labute approximate surface area is 214 Å². The van der Waals surface area contributed by atoms with E-state index in [0.29, 0.717) is 28.1 Å². The zero-order chi connectivity index (χ0) is 26.8. The minimum absolute atomic E-state index is 0.00419. The highest BCUT2D eigenvalue weighted by molar-refractivity contribution is 6.13. The number of nitrogen functional groups attached to an aromatic ring is 1. The van der Waals surface area contributed by atoms with Gasteiger partial charge in [-0.2, -0.15) is 5.10 Å². The number of nitrogens with two attached hydrogens (primary N) is 1. The van der Waals surface area contributed by atoms with Crippen LogP contribution in [-0.2, 0) is 4.79 Å². The third-order valence-corrected chi connectivity index (χ3v) is 5.17. The van der Waals surface area contributed by atoms with Gasteiger partial charge in [0.25, 0.3) is 5.91 Å². The van der Waals surface area contributed by atoms with Crippen molar-refractivity contribution in [3.63, 3.8) is 0 Å². The molecule has 0 unspecified atom stereocenters. The number of nitrogens with zero attached hydrogens (tertiary/aromatic N) is 1. The number of carbonyl (C=O) groups is 2. The Morgan fingerprint density at radius 2 is 1.41 bits per heavy atom. The Kier molecular flexibility index (Phi) is 9.04. The van der Waals surface area contributed by atoms with Crippen LogP contribution in [0.1, 0.15) is 27.9 Å². The molecule has 9 heteroatoms. The lowest BCUT2D eigenvalue weighted by Crippen LogP contribution is -2.20. The molecule has 0 aromatic heterocycles. The second-order valence-electron chi connectivity index (χ2n) is 7.84. The monoisotopic (exact) mass is 501 g/mol. The van der Waals surface area contributed by atoms with Crippen LogP contribution < -0.4 is 20.6 Å². The minimum atomic E-state index is -0.462. The lowest BCUT2D eigenvalue weighted by atomic mass is 10.1. The second kappa shape index (κ2) is 12.6. The van der Waals surface area contributed by atoms with Crippen LogP contribution >= 0.6 is 0 Å². The Morgan fingerprint density at radius 1 is 0.865 bits per heavy atom. The van der Waals surface area contributed by atoms with Gasteiger partial charge < -0.3 is 25.4 Å². The van der Waals surface area contributed by atoms with Crippen molar-refractivity contribution in [2.45, 2.75) is 6.42 Å². The molecule has 3 rings (SSSR count). The van der Waals surface area contributed by atoms with E-state index in [1.165, 1.54) is 32.4 Å². The molecule has 0 fully saturated rings. The highest BCUT2D eigenvalue weighted by Crippen LogP contribution is 2.27. The maximum atomic E-state index is 12.7. The molecule has 0 saturated heterocycles. The number of nitrogens with one attached hydrogen (secondary N) is 1. The number of aromatic hydroxyl groups is 2. The van der Waals surface area contributed by atoms with Gasteiger partial charge in [0.2, 0.25) is 0 Å². The number of anilines is 1. The number of hydrazone groups is 1. The maximum Gasteiger partial charge on any atom is 0.271 e. The molecule has 0 aliphatic carbocycles. The highest BCUT2D eigenvalue weighted by Gasteiger charge is 2.08. The quantitative estimate of drug-likeness (QED) is 0.141. The Morgan fingerprint density at radius 3 is 1.95 bits per heavy atom. The molecule has 0 atom stereocenters. The van der Waals surface area contributed by atoms with Crippen LogP contribution in [0.25, 0.3) is 12.2 Å². The highest BCUT2D eigenvalue weighted by atomic mass is 16.5. The molecule has 9 nitrogen and oxygen atoms in total. The number of ether oxygens (including phenoxy) is 2. The van der Waals surface area contributed by atoms with Crippen molar-refractivity contribution in [3.8, 4) is 23.0 Å². The predicted octanol–water partition coefficient (Wildman–Crippen LogP) is 4.17. The van der Waals surface area contributed by atoms with Gasteiger partial charge in [-0.1, -0.05) is 24.3 Å². The van der Waals surface area contributed by atoms with Crippen LogP contribution in [0.15, 0.2) is 77.9 Å². The third kappa shape index (κ3) is 7.72. The molecular formula is C28H27N3O6. The van der Waals surface area contributed by atoms with Gasteiger partial charge in [-0.3, -0.25) is 9.59 Å². The van der Waals surface area contributed by atoms with Gasteiger partial charge in [-0.25, -0.2) is 5.43 Å². The van der Waals surface area contributed by atoms with E-state index >= 15 is 0 Å². The molecular weight excluding hydrogens is 474 g/mol. The average Bonchev–Trinajstić information content (AvgIpc) is 2.90. The van der Waals surface area contributed by atoms with Crippen molar-refractivity contribution >= 4 is 35.2 Å². The molecule has 3 aromatic carbocycles. The van der Waals surface area contributed by atoms with Gasteiger partial charge in [0.05, 0.1) is 26.4 Å². The molecule has 5 N–H and O–H groups in total. The van der Waals surface area contributed by atoms with Crippen molar-refractivity contribution in [2.75, 3.05) is 20.0 Å². The molecule has 190 valence electrons. The van der Waals surface area contributed by atoms with E-state index in [1.807, 2.05) is 0 Å². The average molecular weight is 502 g/mol. The largest absolute Gasteiger partial charge is 0.504 e. The van der Waals surface area contributed by atoms with Gasteiger partial charge in [0.15, 0.2) is 28.8 Å². The Balaban J connectivity index is 1.80. The molecule has 1 amide bonds. The lowest BCUT2D eigenvalue weighted by molar-refractivity contribution is -0.113. The first-order chi connectivity index (χ1) is 17.8. The Bertz CT molecular complexity index is 1360. The summed E-state index contributed by atoms with van der Waals surface area (Å²) in [5.41, 5.74) is 10.6. The molecule has 0 aliphatic heterocycles. The van der Waals surface area contributed by atoms with E-state index in [1.54, 1.807) is 66.8 Å². The van der Waals surface area contributed by atoms with Crippen molar-refractivity contribution in [1.82, 2.24) is 5.43 Å². The number of allylic oxidation sites excluding steroid dienone is 2. The summed E-state index contributed by atoms with van der Waals surface area (Å²) in [6.45, 7) is 0. The summed E-state index contributed by atoms with van der Waals surface area (Å²) in [5, 5.41) is 23.7. The number of carbonyl (C=O) groups excluding carboxylic acids is 2. The standard InChI is InChI=1S/C28H27N3O6/c1-36-26-15-18(5-13-24(26)33)3-11-22(30-31-28(35)20-7-9-21(29)10-8-20)17-23(32)12-4-19-6-14-25(34)27(16-19)37-2/h3-16,33-34H,17,29H2,1-2H3,(H,31,35)/b11-3+,12-4+,30-22+. The normalized spacial score (nSPS) is 11.6. The van der Waals surface area contributed by atoms with E-state index in [4.69, 9.17) is 15.2 Å². The molecule has 0 bridgehead atoms. The number of hydrogen-bond acceptors (Lipinski definition) is 8. The van der Waals surface area contributed by atoms with Crippen molar-refractivity contribution in [1.29, 1.82) is 0 Å². The smallest absolute Gasteiger partial charge is 0.271 e. The number of amides is 1. The molecule has 0 radical (unpaired) electrons. The van der Waals surface area contributed by atoms with Crippen LogP contribution in [0.2, 0.25) is 0 Å². The van der Waals surface area contributed by atoms with Crippen molar-refractivity contribution in [3.05, 3.63) is 89.5 Å². The maximum absolute atomic E-state index is 12.7. The summed E-state index contributed by atoms with van der Waals surface area (Å²) in [5.74, 6) is -0.171. The zero-order valence-corrected chi connectivity index (χ0v) is 20.3. The molecule has 37 heavy (non-hydrogen) atoms. The fraction of sp³-hybridized carbons (Fsp3) is 0.107. The topological polar surface area (TPSA) is 143 Å². The first-order valence-corrected chi connectivity index (χ1v) is 11.1. The zero-order valence-electron chi connectivity index (χ0n) is 20.3. The number of benzene rings is 3. The minimum Gasteiger partial charge on any atom is -0.504 e. The number of phenolic OH excluding ortho intramolecular Hbond substituents is 2. The van der Waals surface area contributed by atoms with E-state index in [0.717, 1.165) is 0 Å². The number of ketones is 1.